The number of hydrogen-bond acceptors (Lipinski definition) is 3. The molecule has 0 amide bonds. The highest BCUT2D eigenvalue weighted by Crippen LogP contribution is 2.38. The third-order valence-electron chi connectivity index (χ3n) is 6.61. The number of carboxylic acid groups (broad SMARTS) is 1. The summed E-state index contributed by atoms with van der Waals surface area (Å²) in [7, 11) is -4.76. The Balaban J connectivity index is 3.24. The number of carbonyl (C=O) groups is 1. The molecule has 0 aromatic carbocycles. The Morgan fingerprint density at radius 3 is 1.09 bits per heavy atom. The van der Waals surface area contributed by atoms with Gasteiger partial charge in [-0.25, -0.2) is 9.36 Å². The molecular formula is C27H55O6P. The van der Waals surface area contributed by atoms with Gasteiger partial charge in [-0.05, 0) is 6.42 Å². The fraction of sp³-hybridized carbons (Fsp3) is 0.963. The van der Waals surface area contributed by atoms with Gasteiger partial charge in [-0.2, -0.15) is 0 Å². The number of phosphoric ester groups is 1. The Morgan fingerprint density at radius 1 is 0.588 bits per heavy atom. The van der Waals surface area contributed by atoms with Gasteiger partial charge in [-0.15, -0.1) is 0 Å². The zero-order valence-electron chi connectivity index (χ0n) is 22.1. The molecule has 0 saturated heterocycles. The van der Waals surface area contributed by atoms with Crippen LogP contribution in [0.1, 0.15) is 161 Å². The molecule has 1 atom stereocenters. The molecule has 0 aromatic heterocycles. The normalized spacial score (nSPS) is 12.8. The average molecular weight is 507 g/mol. The molecule has 0 heterocycles. The van der Waals surface area contributed by atoms with Crippen molar-refractivity contribution in [3.8, 4) is 0 Å². The first-order valence-electron chi connectivity index (χ1n) is 14.3. The van der Waals surface area contributed by atoms with Crippen LogP contribution in [0.3, 0.4) is 0 Å². The second kappa shape index (κ2) is 24.3. The summed E-state index contributed by atoms with van der Waals surface area (Å²) in [5, 5.41) is 8.95. The molecule has 204 valence electrons. The molecule has 0 aliphatic rings. The molecule has 0 saturated carbocycles. The standard InChI is InChI=1S/C27H55O6P/c1-2-3-4-5-6-7-8-9-10-11-12-13-14-15-16-17-18-19-20-21-22-23-24-25-26(27(28)29)33-34(30,31)32/h26H,2-25H2,1H3,(H,28,29)(H2,30,31,32). The third-order valence-corrected chi connectivity index (χ3v) is 7.14. The highest BCUT2D eigenvalue weighted by atomic mass is 31.2. The van der Waals surface area contributed by atoms with Crippen LogP contribution < -0.4 is 0 Å². The van der Waals surface area contributed by atoms with Crippen LogP contribution in [0.15, 0.2) is 0 Å². The Labute approximate surface area is 209 Å². The smallest absolute Gasteiger partial charge is 0.470 e. The molecule has 0 fully saturated rings. The molecule has 34 heavy (non-hydrogen) atoms. The molecule has 3 N–H and O–H groups in total. The van der Waals surface area contributed by atoms with E-state index in [1.807, 2.05) is 0 Å². The summed E-state index contributed by atoms with van der Waals surface area (Å²) < 4.78 is 15.1. The molecule has 1 unspecified atom stereocenters. The van der Waals surface area contributed by atoms with Gasteiger partial charge in [0.2, 0.25) is 0 Å². The molecule has 6 nitrogen and oxygen atoms in total. The Morgan fingerprint density at radius 2 is 0.853 bits per heavy atom. The Kier molecular flexibility index (Phi) is 24.0. The first-order valence-corrected chi connectivity index (χ1v) is 15.9. The number of aliphatic carboxylic acids is 1. The van der Waals surface area contributed by atoms with E-state index < -0.39 is 19.9 Å². The minimum Gasteiger partial charge on any atom is -0.479 e. The number of unbranched alkanes of at least 4 members (excludes halogenated alkanes) is 22. The van der Waals surface area contributed by atoms with Crippen molar-refractivity contribution in [2.24, 2.45) is 0 Å². The Bertz CT molecular complexity index is 494. The minimum absolute atomic E-state index is 0.139. The highest BCUT2D eigenvalue weighted by molar-refractivity contribution is 7.46. The van der Waals surface area contributed by atoms with Gasteiger partial charge in [0.1, 0.15) is 0 Å². The van der Waals surface area contributed by atoms with Gasteiger partial charge in [0.15, 0.2) is 6.10 Å². The molecule has 0 aliphatic heterocycles. The molecule has 0 bridgehead atoms. The topological polar surface area (TPSA) is 104 Å². The van der Waals surface area contributed by atoms with Gasteiger partial charge in [0.25, 0.3) is 0 Å². The van der Waals surface area contributed by atoms with Crippen molar-refractivity contribution in [1.82, 2.24) is 0 Å². The second-order valence-electron chi connectivity index (χ2n) is 9.99. The quantitative estimate of drug-likeness (QED) is 0.0758. The number of rotatable bonds is 27. The Hall–Kier alpha value is -0.420. The lowest BCUT2D eigenvalue weighted by molar-refractivity contribution is -0.146. The maximum atomic E-state index is 11.0. The fourth-order valence-corrected chi connectivity index (χ4v) is 5.03. The number of hydrogen-bond donors (Lipinski definition) is 3. The van der Waals surface area contributed by atoms with E-state index in [9.17, 15) is 9.36 Å². The number of phosphoric acid groups is 1. The van der Waals surface area contributed by atoms with E-state index >= 15 is 0 Å². The predicted molar refractivity (Wildman–Crippen MR) is 141 cm³/mol. The van der Waals surface area contributed by atoms with E-state index in [2.05, 4.69) is 11.4 Å². The average Bonchev–Trinajstić information content (AvgIpc) is 2.78. The molecule has 0 aromatic rings. The van der Waals surface area contributed by atoms with Crippen molar-refractivity contribution < 1.29 is 28.8 Å². The van der Waals surface area contributed by atoms with Crippen molar-refractivity contribution in [3.05, 3.63) is 0 Å². The molecule has 0 radical (unpaired) electrons. The van der Waals surface area contributed by atoms with E-state index in [0.29, 0.717) is 6.42 Å². The third kappa shape index (κ3) is 26.2. The lowest BCUT2D eigenvalue weighted by Crippen LogP contribution is -2.22. The zero-order valence-corrected chi connectivity index (χ0v) is 23.0. The summed E-state index contributed by atoms with van der Waals surface area (Å²) in [6.07, 6.45) is 28.6. The largest absolute Gasteiger partial charge is 0.479 e. The van der Waals surface area contributed by atoms with Crippen LogP contribution >= 0.6 is 7.82 Å². The summed E-state index contributed by atoms with van der Waals surface area (Å²) in [5.74, 6) is -1.32. The summed E-state index contributed by atoms with van der Waals surface area (Å²) in [6, 6.07) is 0. The first kappa shape index (κ1) is 33.6. The molecule has 7 heteroatoms. The molecule has 0 aliphatic carbocycles. The van der Waals surface area contributed by atoms with Crippen molar-refractivity contribution in [2.75, 3.05) is 0 Å². The van der Waals surface area contributed by atoms with E-state index in [1.54, 1.807) is 0 Å². The maximum Gasteiger partial charge on any atom is 0.470 e. The fourth-order valence-electron chi connectivity index (χ4n) is 4.50. The summed E-state index contributed by atoms with van der Waals surface area (Å²) >= 11 is 0. The van der Waals surface area contributed by atoms with E-state index in [-0.39, 0.29) is 6.42 Å². The zero-order chi connectivity index (χ0) is 25.3. The van der Waals surface area contributed by atoms with Gasteiger partial charge in [-0.3, -0.25) is 4.52 Å². The van der Waals surface area contributed by atoms with Crippen LogP contribution in [0.5, 0.6) is 0 Å². The van der Waals surface area contributed by atoms with Crippen LogP contribution in [0, 0.1) is 0 Å². The van der Waals surface area contributed by atoms with Gasteiger partial charge in [0, 0.05) is 0 Å². The lowest BCUT2D eigenvalue weighted by atomic mass is 10.0. The van der Waals surface area contributed by atoms with E-state index in [4.69, 9.17) is 14.9 Å². The molecular weight excluding hydrogens is 451 g/mol. The SMILES string of the molecule is CCCCCCCCCCCCCCCCCCCCCCCCCC(OP(=O)(O)O)C(=O)O. The van der Waals surface area contributed by atoms with Crippen molar-refractivity contribution >= 4 is 13.8 Å². The van der Waals surface area contributed by atoms with Gasteiger partial charge < -0.3 is 14.9 Å². The maximum absolute atomic E-state index is 11.0. The molecule has 0 rings (SSSR count). The summed E-state index contributed by atoms with van der Waals surface area (Å²) in [6.45, 7) is 2.28. The van der Waals surface area contributed by atoms with Gasteiger partial charge in [-0.1, -0.05) is 155 Å². The summed E-state index contributed by atoms with van der Waals surface area (Å²) in [4.78, 5) is 28.5. The highest BCUT2D eigenvalue weighted by Gasteiger charge is 2.27. The van der Waals surface area contributed by atoms with E-state index in [1.165, 1.54) is 122 Å². The lowest BCUT2D eigenvalue weighted by Gasteiger charge is -2.13. The first-order chi connectivity index (χ1) is 16.4. The summed E-state index contributed by atoms with van der Waals surface area (Å²) in [5.41, 5.74) is 0. The number of carboxylic acids is 1. The van der Waals surface area contributed by atoms with Crippen LogP contribution in [-0.2, 0) is 13.9 Å². The molecule has 0 spiro atoms. The second-order valence-corrected chi connectivity index (χ2v) is 11.2. The van der Waals surface area contributed by atoms with Crippen LogP contribution in [0.2, 0.25) is 0 Å². The predicted octanol–water partition coefficient (Wildman–Crippen LogP) is 8.93. The minimum atomic E-state index is -4.76. The van der Waals surface area contributed by atoms with Crippen LogP contribution in [0.4, 0.5) is 0 Å². The van der Waals surface area contributed by atoms with Crippen LogP contribution in [0.25, 0.3) is 0 Å². The van der Waals surface area contributed by atoms with Crippen LogP contribution in [-0.4, -0.2) is 27.0 Å². The van der Waals surface area contributed by atoms with E-state index in [0.717, 1.165) is 19.3 Å². The van der Waals surface area contributed by atoms with Gasteiger partial charge in [0.05, 0.1) is 0 Å². The van der Waals surface area contributed by atoms with Gasteiger partial charge >= 0.3 is 13.8 Å². The van der Waals surface area contributed by atoms with Crippen molar-refractivity contribution in [1.29, 1.82) is 0 Å². The van der Waals surface area contributed by atoms with Crippen molar-refractivity contribution in [3.63, 3.8) is 0 Å². The van der Waals surface area contributed by atoms with Crippen molar-refractivity contribution in [2.45, 2.75) is 167 Å². The monoisotopic (exact) mass is 506 g/mol.